The lowest BCUT2D eigenvalue weighted by molar-refractivity contribution is -0.136. The fourth-order valence-electron chi connectivity index (χ4n) is 4.96. The minimum atomic E-state index is -0.160. The molecule has 6 nitrogen and oxygen atoms in total. The van der Waals surface area contributed by atoms with Gasteiger partial charge in [0.15, 0.2) is 0 Å². The van der Waals surface area contributed by atoms with Gasteiger partial charge in [-0.1, -0.05) is 31.4 Å². The van der Waals surface area contributed by atoms with Gasteiger partial charge in [0.25, 0.3) is 0 Å². The van der Waals surface area contributed by atoms with Crippen molar-refractivity contribution < 1.29 is 14.3 Å². The van der Waals surface area contributed by atoms with Gasteiger partial charge in [0.1, 0.15) is 5.75 Å². The molecule has 1 unspecified atom stereocenters. The van der Waals surface area contributed by atoms with Gasteiger partial charge in [-0.05, 0) is 25.0 Å². The average Bonchev–Trinajstić information content (AvgIpc) is 3.15. The molecule has 4 rings (SSSR count). The van der Waals surface area contributed by atoms with Crippen LogP contribution in [0, 0.1) is 5.92 Å². The van der Waals surface area contributed by atoms with Gasteiger partial charge in [-0.3, -0.25) is 9.59 Å². The number of nitrogens with zero attached hydrogens (tertiary/aromatic N) is 3. The smallest absolute Gasteiger partial charge is 0.228 e. The number of amides is 2. The number of benzene rings is 1. The zero-order valence-corrected chi connectivity index (χ0v) is 16.8. The number of hydrogen-bond acceptors (Lipinski definition) is 4. The quantitative estimate of drug-likeness (QED) is 0.799. The van der Waals surface area contributed by atoms with Crippen LogP contribution in [0.1, 0.15) is 38.5 Å². The summed E-state index contributed by atoms with van der Waals surface area (Å²) in [6.07, 6.45) is 6.28. The summed E-state index contributed by atoms with van der Waals surface area (Å²) in [5.41, 5.74) is 1.08. The summed E-state index contributed by atoms with van der Waals surface area (Å²) >= 11 is 0. The molecular formula is C22H31N3O3. The van der Waals surface area contributed by atoms with Crippen molar-refractivity contribution in [2.45, 2.75) is 44.6 Å². The van der Waals surface area contributed by atoms with E-state index in [0.717, 1.165) is 37.4 Å². The molecule has 0 radical (unpaired) electrons. The molecule has 1 saturated carbocycles. The van der Waals surface area contributed by atoms with Crippen LogP contribution in [0.3, 0.4) is 0 Å². The van der Waals surface area contributed by atoms with E-state index >= 15 is 0 Å². The highest BCUT2D eigenvalue weighted by Crippen LogP contribution is 2.31. The first kappa shape index (κ1) is 19.1. The Morgan fingerprint density at radius 3 is 2.46 bits per heavy atom. The zero-order valence-electron chi connectivity index (χ0n) is 16.8. The Balaban J connectivity index is 1.33. The predicted octanol–water partition coefficient (Wildman–Crippen LogP) is 2.53. The molecule has 1 aromatic rings. The molecule has 2 aliphatic heterocycles. The molecule has 0 spiro atoms. The monoisotopic (exact) mass is 385 g/mol. The Labute approximate surface area is 167 Å². The van der Waals surface area contributed by atoms with Crippen LogP contribution in [0.25, 0.3) is 0 Å². The summed E-state index contributed by atoms with van der Waals surface area (Å²) in [5.74, 6) is 1.04. The number of piperazine rings is 1. The van der Waals surface area contributed by atoms with Crippen molar-refractivity contribution in [3.05, 3.63) is 24.3 Å². The lowest BCUT2D eigenvalue weighted by Gasteiger charge is -2.37. The summed E-state index contributed by atoms with van der Waals surface area (Å²) in [6, 6.07) is 8.38. The van der Waals surface area contributed by atoms with E-state index in [1.165, 1.54) is 19.3 Å². The van der Waals surface area contributed by atoms with Crippen LogP contribution in [0.2, 0.25) is 0 Å². The minimum Gasteiger partial charge on any atom is -0.495 e. The molecule has 2 heterocycles. The van der Waals surface area contributed by atoms with E-state index in [-0.39, 0.29) is 17.7 Å². The lowest BCUT2D eigenvalue weighted by Crippen LogP contribution is -2.51. The Kier molecular flexibility index (Phi) is 5.74. The van der Waals surface area contributed by atoms with Crippen molar-refractivity contribution in [2.24, 2.45) is 5.92 Å². The number of carbonyl (C=O) groups is 2. The van der Waals surface area contributed by atoms with Gasteiger partial charge in [-0.2, -0.15) is 0 Å². The van der Waals surface area contributed by atoms with Crippen LogP contribution >= 0.6 is 0 Å². The normalized spacial score (nSPS) is 24.0. The topological polar surface area (TPSA) is 53.1 Å². The van der Waals surface area contributed by atoms with Crippen LogP contribution in [0.15, 0.2) is 24.3 Å². The van der Waals surface area contributed by atoms with E-state index in [9.17, 15) is 9.59 Å². The molecule has 3 aliphatic rings. The Morgan fingerprint density at radius 2 is 1.75 bits per heavy atom. The standard InChI is InChI=1S/C22H31N3O3/c1-28-20-10-6-5-9-19(20)23-11-13-24(14-12-23)22(27)17-15-21(26)25(16-17)18-7-3-2-4-8-18/h5-6,9-10,17-18H,2-4,7-8,11-16H2,1H3. The highest BCUT2D eigenvalue weighted by molar-refractivity contribution is 5.89. The molecule has 0 N–H and O–H groups in total. The highest BCUT2D eigenvalue weighted by atomic mass is 16.5. The van der Waals surface area contributed by atoms with Crippen molar-refractivity contribution in [3.8, 4) is 5.75 Å². The maximum atomic E-state index is 13.0. The SMILES string of the molecule is COc1ccccc1N1CCN(C(=O)C2CC(=O)N(C3CCCCC3)C2)CC1. The number of rotatable bonds is 4. The number of carbonyl (C=O) groups excluding carboxylic acids is 2. The van der Waals surface area contributed by atoms with Crippen LogP contribution in [0.4, 0.5) is 5.69 Å². The van der Waals surface area contributed by atoms with Crippen molar-refractivity contribution in [1.29, 1.82) is 0 Å². The second-order valence-electron chi connectivity index (χ2n) is 8.22. The highest BCUT2D eigenvalue weighted by Gasteiger charge is 2.40. The summed E-state index contributed by atoms with van der Waals surface area (Å²) in [4.78, 5) is 31.8. The van der Waals surface area contributed by atoms with Crippen molar-refractivity contribution >= 4 is 17.5 Å². The Hall–Kier alpha value is -2.24. The van der Waals surface area contributed by atoms with E-state index in [4.69, 9.17) is 4.74 Å². The van der Waals surface area contributed by atoms with Crippen LogP contribution in [-0.2, 0) is 9.59 Å². The predicted molar refractivity (Wildman–Crippen MR) is 108 cm³/mol. The molecule has 6 heteroatoms. The Morgan fingerprint density at radius 1 is 1.04 bits per heavy atom. The molecular weight excluding hydrogens is 354 g/mol. The first-order chi connectivity index (χ1) is 13.7. The molecule has 1 atom stereocenters. The molecule has 152 valence electrons. The number of ether oxygens (including phenoxy) is 1. The minimum absolute atomic E-state index is 0.159. The maximum absolute atomic E-state index is 13.0. The van der Waals surface area contributed by atoms with Gasteiger partial charge in [0.05, 0.1) is 18.7 Å². The summed E-state index contributed by atoms with van der Waals surface area (Å²) < 4.78 is 5.47. The van der Waals surface area contributed by atoms with Gasteiger partial charge in [-0.15, -0.1) is 0 Å². The third kappa shape index (κ3) is 3.82. The van der Waals surface area contributed by atoms with E-state index in [1.807, 2.05) is 28.0 Å². The van der Waals surface area contributed by atoms with E-state index in [1.54, 1.807) is 7.11 Å². The summed E-state index contributed by atoms with van der Waals surface area (Å²) in [5, 5.41) is 0. The fourth-order valence-corrected chi connectivity index (χ4v) is 4.96. The molecule has 0 aromatic heterocycles. The lowest BCUT2D eigenvalue weighted by atomic mass is 9.94. The van der Waals surface area contributed by atoms with E-state index < -0.39 is 0 Å². The van der Waals surface area contributed by atoms with Gasteiger partial charge in [0.2, 0.25) is 11.8 Å². The molecule has 28 heavy (non-hydrogen) atoms. The van der Waals surface area contributed by atoms with Crippen molar-refractivity contribution in [1.82, 2.24) is 9.80 Å². The van der Waals surface area contributed by atoms with Crippen LogP contribution in [0.5, 0.6) is 5.75 Å². The molecule has 1 aliphatic carbocycles. The van der Waals surface area contributed by atoms with Gasteiger partial charge in [-0.25, -0.2) is 0 Å². The number of para-hydroxylation sites is 2. The molecule has 2 saturated heterocycles. The second kappa shape index (κ2) is 8.41. The molecule has 1 aromatic carbocycles. The number of methoxy groups -OCH3 is 1. The zero-order chi connectivity index (χ0) is 19.5. The van der Waals surface area contributed by atoms with Crippen molar-refractivity contribution in [3.63, 3.8) is 0 Å². The Bertz CT molecular complexity index is 709. The van der Waals surface area contributed by atoms with Gasteiger partial charge in [0, 0.05) is 45.2 Å². The van der Waals surface area contributed by atoms with E-state index in [0.29, 0.717) is 32.1 Å². The van der Waals surface area contributed by atoms with Gasteiger partial charge >= 0.3 is 0 Å². The number of hydrogen-bond donors (Lipinski definition) is 0. The summed E-state index contributed by atoms with van der Waals surface area (Å²) in [7, 11) is 1.69. The van der Waals surface area contributed by atoms with Crippen molar-refractivity contribution in [2.75, 3.05) is 44.7 Å². The maximum Gasteiger partial charge on any atom is 0.228 e. The van der Waals surface area contributed by atoms with Gasteiger partial charge < -0.3 is 19.4 Å². The molecule has 0 bridgehead atoms. The third-order valence-corrected chi connectivity index (χ3v) is 6.54. The molecule has 2 amide bonds. The summed E-state index contributed by atoms with van der Waals surface area (Å²) in [6.45, 7) is 3.60. The number of anilines is 1. The van der Waals surface area contributed by atoms with E-state index in [2.05, 4.69) is 11.0 Å². The second-order valence-corrected chi connectivity index (χ2v) is 8.22. The third-order valence-electron chi connectivity index (χ3n) is 6.54. The average molecular weight is 386 g/mol. The molecule has 3 fully saturated rings. The van der Waals surface area contributed by atoms with Crippen LogP contribution < -0.4 is 9.64 Å². The first-order valence-corrected chi connectivity index (χ1v) is 10.6. The van der Waals surface area contributed by atoms with Crippen LogP contribution in [-0.4, -0.2) is 67.5 Å². The number of likely N-dealkylation sites (tertiary alicyclic amines) is 1. The first-order valence-electron chi connectivity index (χ1n) is 10.6. The fraction of sp³-hybridized carbons (Fsp3) is 0.636. The largest absolute Gasteiger partial charge is 0.495 e.